The number of benzene rings is 2. The average molecular weight is 353 g/mol. The molecule has 0 fully saturated rings. The van der Waals surface area contributed by atoms with Gasteiger partial charge in [0.05, 0.1) is 5.56 Å². The third-order valence-corrected chi connectivity index (χ3v) is 3.04. The highest BCUT2D eigenvalue weighted by Gasteiger charge is 2.12. The molecule has 0 saturated carbocycles. The van der Waals surface area contributed by atoms with Gasteiger partial charge in [0.25, 0.3) is 5.91 Å². The fourth-order valence-corrected chi connectivity index (χ4v) is 1.96. The second kappa shape index (κ2) is 8.18. The first-order valence-corrected chi connectivity index (χ1v) is 7.13. The van der Waals surface area contributed by atoms with E-state index < -0.39 is 30.7 Å². The number of anilines is 1. The molecule has 1 N–H and O–H groups in total. The van der Waals surface area contributed by atoms with E-state index in [-0.39, 0.29) is 17.1 Å². The summed E-state index contributed by atoms with van der Waals surface area (Å²) in [6, 6.07) is 8.71. The number of ether oxygens (including phenoxy) is 2. The number of hydrogen-bond donors (Lipinski definition) is 1. The number of carbonyl (C=O) groups excluding carboxylic acids is 2. The first-order chi connectivity index (χ1) is 11.8. The van der Waals surface area contributed by atoms with Gasteiger partial charge >= 0.3 is 6.61 Å². The van der Waals surface area contributed by atoms with Gasteiger partial charge in [0.2, 0.25) is 0 Å². The molecule has 0 radical (unpaired) electrons. The van der Waals surface area contributed by atoms with E-state index >= 15 is 0 Å². The van der Waals surface area contributed by atoms with Crippen LogP contribution >= 0.6 is 0 Å². The van der Waals surface area contributed by atoms with E-state index in [1.54, 1.807) is 0 Å². The first kappa shape index (κ1) is 18.3. The Morgan fingerprint density at radius 2 is 1.80 bits per heavy atom. The molecule has 5 nitrogen and oxygen atoms in total. The molecule has 0 aliphatic carbocycles. The normalized spacial score (nSPS) is 10.4. The van der Waals surface area contributed by atoms with Crippen LogP contribution in [0.3, 0.4) is 0 Å². The van der Waals surface area contributed by atoms with E-state index in [4.69, 9.17) is 4.74 Å². The summed E-state index contributed by atoms with van der Waals surface area (Å²) in [5, 5.41) is 2.49. The highest BCUT2D eigenvalue weighted by atomic mass is 19.3. The lowest BCUT2D eigenvalue weighted by molar-refractivity contribution is -0.118. The van der Waals surface area contributed by atoms with E-state index in [2.05, 4.69) is 10.1 Å². The molecule has 0 atom stereocenters. The smallest absolute Gasteiger partial charge is 0.387 e. The molecule has 2 aromatic rings. The van der Waals surface area contributed by atoms with Crippen molar-refractivity contribution in [3.8, 4) is 11.5 Å². The maximum absolute atomic E-state index is 13.2. The Labute approximate surface area is 141 Å². The molecular weight excluding hydrogens is 339 g/mol. The summed E-state index contributed by atoms with van der Waals surface area (Å²) in [5.41, 5.74) is 0.377. The summed E-state index contributed by atoms with van der Waals surface area (Å²) in [4.78, 5) is 23.3. The van der Waals surface area contributed by atoms with Gasteiger partial charge in [0.15, 0.2) is 12.4 Å². The van der Waals surface area contributed by atoms with Crippen LogP contribution in [0.5, 0.6) is 11.5 Å². The fourth-order valence-electron chi connectivity index (χ4n) is 1.96. The van der Waals surface area contributed by atoms with E-state index in [1.807, 2.05) is 0 Å². The number of rotatable bonds is 7. The van der Waals surface area contributed by atoms with E-state index in [9.17, 15) is 22.8 Å². The summed E-state index contributed by atoms with van der Waals surface area (Å²) < 4.78 is 46.7. The van der Waals surface area contributed by atoms with Crippen molar-refractivity contribution >= 4 is 17.4 Å². The Morgan fingerprint density at radius 3 is 2.40 bits per heavy atom. The highest BCUT2D eigenvalue weighted by Crippen LogP contribution is 2.21. The Balaban J connectivity index is 1.94. The number of ketones is 1. The van der Waals surface area contributed by atoms with Gasteiger partial charge in [0.1, 0.15) is 17.3 Å². The zero-order valence-electron chi connectivity index (χ0n) is 13.1. The number of Topliss-reactive ketones (excluding diaryl/α,β-unsaturated/α-hetero) is 1. The number of hydrogen-bond acceptors (Lipinski definition) is 4. The van der Waals surface area contributed by atoms with Crippen LogP contribution in [0.2, 0.25) is 0 Å². The SMILES string of the molecule is CC(=O)c1cc(F)ccc1OCC(=O)Nc1ccc(OC(F)F)cc1. The fraction of sp³-hybridized carbons (Fsp3) is 0.176. The molecule has 0 bridgehead atoms. The Hall–Kier alpha value is -3.03. The van der Waals surface area contributed by atoms with Crippen molar-refractivity contribution in [1.82, 2.24) is 0 Å². The second-order valence-electron chi connectivity index (χ2n) is 4.94. The third-order valence-electron chi connectivity index (χ3n) is 3.04. The predicted octanol–water partition coefficient (Wildman–Crippen LogP) is 3.65. The topological polar surface area (TPSA) is 64.6 Å². The van der Waals surface area contributed by atoms with E-state index in [1.165, 1.54) is 37.3 Å². The molecule has 0 aliphatic heterocycles. The summed E-state index contributed by atoms with van der Waals surface area (Å²) >= 11 is 0. The molecule has 0 unspecified atom stereocenters. The van der Waals surface area contributed by atoms with Crippen molar-refractivity contribution in [2.45, 2.75) is 13.5 Å². The van der Waals surface area contributed by atoms with Gasteiger partial charge in [-0.2, -0.15) is 8.78 Å². The Bertz CT molecular complexity index is 763. The molecule has 25 heavy (non-hydrogen) atoms. The van der Waals surface area contributed by atoms with Gasteiger partial charge in [-0.3, -0.25) is 9.59 Å². The number of amides is 1. The molecule has 2 rings (SSSR count). The van der Waals surface area contributed by atoms with Crippen molar-refractivity contribution in [1.29, 1.82) is 0 Å². The van der Waals surface area contributed by atoms with Gasteiger partial charge < -0.3 is 14.8 Å². The number of carbonyl (C=O) groups is 2. The molecule has 0 aliphatic rings. The molecular formula is C17H14F3NO4. The van der Waals surface area contributed by atoms with Gasteiger partial charge in [-0.05, 0) is 49.4 Å². The van der Waals surface area contributed by atoms with Crippen LogP contribution in [0.1, 0.15) is 17.3 Å². The van der Waals surface area contributed by atoms with Gasteiger partial charge in [-0.25, -0.2) is 4.39 Å². The lowest BCUT2D eigenvalue weighted by Gasteiger charge is -2.11. The third kappa shape index (κ3) is 5.52. The van der Waals surface area contributed by atoms with Crippen LogP contribution < -0.4 is 14.8 Å². The molecule has 2 aromatic carbocycles. The van der Waals surface area contributed by atoms with Gasteiger partial charge in [-0.15, -0.1) is 0 Å². The van der Waals surface area contributed by atoms with E-state index in [0.29, 0.717) is 5.69 Å². The number of alkyl halides is 2. The van der Waals surface area contributed by atoms with E-state index in [0.717, 1.165) is 12.1 Å². The molecule has 0 aromatic heterocycles. The Morgan fingerprint density at radius 1 is 1.12 bits per heavy atom. The van der Waals surface area contributed by atoms with Crippen molar-refractivity contribution in [3.63, 3.8) is 0 Å². The largest absolute Gasteiger partial charge is 0.483 e. The van der Waals surface area contributed by atoms with Crippen molar-refractivity contribution in [2.75, 3.05) is 11.9 Å². The van der Waals surface area contributed by atoms with Crippen molar-refractivity contribution in [2.24, 2.45) is 0 Å². The van der Waals surface area contributed by atoms with Crippen LogP contribution in [0.4, 0.5) is 18.9 Å². The zero-order valence-corrected chi connectivity index (χ0v) is 13.1. The monoisotopic (exact) mass is 353 g/mol. The molecule has 1 amide bonds. The average Bonchev–Trinajstić information content (AvgIpc) is 2.55. The summed E-state index contributed by atoms with van der Waals surface area (Å²) in [6.45, 7) is -2.09. The lowest BCUT2D eigenvalue weighted by atomic mass is 10.1. The quantitative estimate of drug-likeness (QED) is 0.772. The molecule has 8 heteroatoms. The summed E-state index contributed by atoms with van der Waals surface area (Å²) in [5.74, 6) is -1.48. The standard InChI is InChI=1S/C17H14F3NO4/c1-10(22)14-8-11(18)2-7-15(14)24-9-16(23)21-12-3-5-13(6-4-12)25-17(19)20/h2-8,17H,9H2,1H3,(H,21,23). The molecule has 0 spiro atoms. The summed E-state index contributed by atoms with van der Waals surface area (Å²) in [7, 11) is 0. The van der Waals surface area contributed by atoms with Crippen LogP contribution in [0.15, 0.2) is 42.5 Å². The lowest BCUT2D eigenvalue weighted by Crippen LogP contribution is -2.20. The minimum Gasteiger partial charge on any atom is -0.483 e. The maximum Gasteiger partial charge on any atom is 0.387 e. The van der Waals surface area contributed by atoms with Crippen molar-refractivity contribution < 1.29 is 32.2 Å². The maximum atomic E-state index is 13.2. The minimum atomic E-state index is -2.93. The zero-order chi connectivity index (χ0) is 18.4. The van der Waals surface area contributed by atoms with Crippen LogP contribution in [0, 0.1) is 5.82 Å². The first-order valence-electron chi connectivity index (χ1n) is 7.13. The molecule has 0 saturated heterocycles. The van der Waals surface area contributed by atoms with Crippen LogP contribution in [0.25, 0.3) is 0 Å². The van der Waals surface area contributed by atoms with Gasteiger partial charge in [0, 0.05) is 5.69 Å². The molecule has 132 valence electrons. The van der Waals surface area contributed by atoms with Crippen LogP contribution in [-0.4, -0.2) is 24.9 Å². The van der Waals surface area contributed by atoms with Crippen LogP contribution in [-0.2, 0) is 4.79 Å². The predicted molar refractivity (Wildman–Crippen MR) is 83.6 cm³/mol. The number of halogens is 3. The molecule has 0 heterocycles. The highest BCUT2D eigenvalue weighted by molar-refractivity contribution is 5.97. The Kier molecular flexibility index (Phi) is 5.99. The van der Waals surface area contributed by atoms with Crippen molar-refractivity contribution in [3.05, 3.63) is 53.8 Å². The van der Waals surface area contributed by atoms with Gasteiger partial charge in [-0.1, -0.05) is 0 Å². The number of nitrogens with one attached hydrogen (secondary N) is 1. The minimum absolute atomic E-state index is 0.0290. The summed E-state index contributed by atoms with van der Waals surface area (Å²) in [6.07, 6.45) is 0. The second-order valence-corrected chi connectivity index (χ2v) is 4.94.